The molecule has 1 fully saturated rings. The van der Waals surface area contributed by atoms with Crippen molar-refractivity contribution >= 4 is 70.8 Å². The SMILES string of the molecule is C=CC(=O)OC(C)=N.CC.CC.CNc1cc(Cl)c(C)c(N2C(=O)C=CC2=O)c1.O=CNCc1ccc2c(c1)CN(C1CCC(=O)NC1=O)C2=O. The molecule has 1 saturated heterocycles. The zero-order valence-electron chi connectivity index (χ0n) is 29.8. The first-order chi connectivity index (χ1) is 24.3. The van der Waals surface area contributed by atoms with Gasteiger partial charge in [0.2, 0.25) is 18.2 Å². The number of carbonyl (C=O) groups excluding carboxylic acids is 7. The quantitative estimate of drug-likeness (QED) is 0.0790. The third-order valence-electron chi connectivity index (χ3n) is 7.05. The highest BCUT2D eigenvalue weighted by atomic mass is 35.5. The molecule has 15 heteroatoms. The summed E-state index contributed by atoms with van der Waals surface area (Å²) in [4.78, 5) is 81.9. The van der Waals surface area contributed by atoms with Crippen LogP contribution < -0.4 is 20.9 Å². The summed E-state index contributed by atoms with van der Waals surface area (Å²) in [7, 11) is 1.75. The van der Waals surface area contributed by atoms with E-state index in [0.717, 1.165) is 27.8 Å². The monoisotopic (exact) mass is 724 g/mol. The Morgan fingerprint density at radius 3 is 2.22 bits per heavy atom. The number of rotatable bonds is 7. The molecule has 4 N–H and O–H groups in total. The summed E-state index contributed by atoms with van der Waals surface area (Å²) in [5, 5.41) is 14.9. The number of anilines is 2. The summed E-state index contributed by atoms with van der Waals surface area (Å²) in [5.74, 6) is -2.30. The Balaban J connectivity index is 0.000000398. The minimum Gasteiger partial charge on any atom is -0.409 e. The molecular formula is C36H45ClN6O8. The second kappa shape index (κ2) is 21.5. The number of hydrogen-bond donors (Lipinski definition) is 4. The second-order valence-corrected chi connectivity index (χ2v) is 10.7. The van der Waals surface area contributed by atoms with Gasteiger partial charge in [-0.3, -0.25) is 39.5 Å². The summed E-state index contributed by atoms with van der Waals surface area (Å²) < 4.78 is 4.23. The number of nitrogens with zero attached hydrogens (tertiary/aromatic N) is 2. The van der Waals surface area contributed by atoms with Gasteiger partial charge in [-0.05, 0) is 48.2 Å². The van der Waals surface area contributed by atoms with Crippen molar-refractivity contribution in [2.45, 2.75) is 73.5 Å². The van der Waals surface area contributed by atoms with E-state index in [4.69, 9.17) is 17.0 Å². The predicted molar refractivity (Wildman–Crippen MR) is 195 cm³/mol. The van der Waals surface area contributed by atoms with E-state index in [1.165, 1.54) is 24.0 Å². The van der Waals surface area contributed by atoms with Gasteiger partial charge in [0.15, 0.2) is 5.90 Å². The van der Waals surface area contributed by atoms with Crippen LogP contribution in [0.2, 0.25) is 5.02 Å². The third-order valence-corrected chi connectivity index (χ3v) is 7.45. The fourth-order valence-electron chi connectivity index (χ4n) is 4.77. The number of amides is 6. The van der Waals surface area contributed by atoms with Gasteiger partial charge >= 0.3 is 5.97 Å². The van der Waals surface area contributed by atoms with Crippen molar-refractivity contribution in [1.82, 2.24) is 15.5 Å². The summed E-state index contributed by atoms with van der Waals surface area (Å²) >= 11 is 6.06. The van der Waals surface area contributed by atoms with E-state index in [0.29, 0.717) is 47.8 Å². The van der Waals surface area contributed by atoms with Gasteiger partial charge < -0.3 is 20.3 Å². The van der Waals surface area contributed by atoms with Gasteiger partial charge in [-0.15, -0.1) is 0 Å². The van der Waals surface area contributed by atoms with E-state index in [1.807, 2.05) is 33.8 Å². The maximum Gasteiger partial charge on any atom is 0.336 e. The Morgan fingerprint density at radius 2 is 1.71 bits per heavy atom. The molecule has 3 aliphatic rings. The lowest BCUT2D eigenvalue weighted by Gasteiger charge is -2.29. The van der Waals surface area contributed by atoms with Crippen LogP contribution in [0.25, 0.3) is 0 Å². The van der Waals surface area contributed by atoms with Crippen molar-refractivity contribution in [3.8, 4) is 0 Å². The van der Waals surface area contributed by atoms with Crippen LogP contribution in [-0.2, 0) is 46.6 Å². The lowest BCUT2D eigenvalue weighted by molar-refractivity contribution is -0.137. The molecule has 6 amide bonds. The van der Waals surface area contributed by atoms with Gasteiger partial charge in [0.05, 0.1) is 5.69 Å². The van der Waals surface area contributed by atoms with Crippen molar-refractivity contribution < 1.29 is 38.3 Å². The molecule has 3 heterocycles. The minimum absolute atomic E-state index is 0.116. The number of imide groups is 2. The molecule has 3 aliphatic heterocycles. The molecule has 0 bridgehead atoms. The number of esters is 1. The molecule has 2 aromatic rings. The molecule has 51 heavy (non-hydrogen) atoms. The van der Waals surface area contributed by atoms with E-state index in [9.17, 15) is 33.6 Å². The minimum atomic E-state index is -0.603. The maximum atomic E-state index is 12.4. The van der Waals surface area contributed by atoms with Gasteiger partial charge in [0, 0.05) is 68.0 Å². The number of fused-ring (bicyclic) bond motifs is 1. The highest BCUT2D eigenvalue weighted by Gasteiger charge is 2.39. The van der Waals surface area contributed by atoms with Crippen LogP contribution in [0.3, 0.4) is 0 Å². The summed E-state index contributed by atoms with van der Waals surface area (Å²) in [6, 6.07) is 8.22. The Kier molecular flexibility index (Phi) is 18.3. The zero-order valence-corrected chi connectivity index (χ0v) is 30.6. The fourth-order valence-corrected chi connectivity index (χ4v) is 4.98. The number of carbonyl (C=O) groups is 7. The lowest BCUT2D eigenvalue weighted by Crippen LogP contribution is -2.52. The molecular weight excluding hydrogens is 680 g/mol. The molecule has 0 saturated carbocycles. The molecule has 1 unspecified atom stereocenters. The molecule has 0 spiro atoms. The van der Waals surface area contributed by atoms with Gasteiger partial charge in [-0.2, -0.15) is 0 Å². The smallest absolute Gasteiger partial charge is 0.336 e. The topological polar surface area (TPSA) is 195 Å². The van der Waals surface area contributed by atoms with E-state index in [2.05, 4.69) is 27.3 Å². The van der Waals surface area contributed by atoms with Crippen LogP contribution in [0.15, 0.2) is 55.1 Å². The van der Waals surface area contributed by atoms with Crippen molar-refractivity contribution in [2.24, 2.45) is 0 Å². The number of benzene rings is 2. The molecule has 0 aliphatic carbocycles. The van der Waals surface area contributed by atoms with Crippen molar-refractivity contribution in [2.75, 3.05) is 17.3 Å². The normalized spacial score (nSPS) is 15.2. The van der Waals surface area contributed by atoms with Crippen molar-refractivity contribution in [3.63, 3.8) is 0 Å². The van der Waals surface area contributed by atoms with Gasteiger partial charge in [-0.1, -0.05) is 58.0 Å². The first kappa shape index (κ1) is 43.4. The van der Waals surface area contributed by atoms with Crippen molar-refractivity contribution in [1.29, 1.82) is 5.41 Å². The first-order valence-electron chi connectivity index (χ1n) is 16.2. The van der Waals surface area contributed by atoms with Gasteiger partial charge in [0.25, 0.3) is 17.7 Å². The standard InChI is InChI=1S/C15H15N3O4.C12H11ClN2O2.C5H7NO2.2C2H6/c19-8-16-6-9-1-2-11-10(5-9)7-18(15(11)22)12-3-4-13(20)17-14(12)21;1-7-9(13)5-8(14-2)6-10(7)15-11(16)3-4-12(15)17;1-3-5(7)8-4(2)6;2*1-2/h1-2,5,8,12H,3-4,6-7H2,(H,16,19)(H,17,20,21);3-6,14H,1-2H3;3,6H,1H2,2H3;2*1-2H3. The Labute approximate surface area is 302 Å². The molecule has 2 aromatic carbocycles. The number of piperidine rings is 1. The van der Waals surface area contributed by atoms with E-state index in [-0.39, 0.29) is 35.9 Å². The van der Waals surface area contributed by atoms with E-state index in [1.54, 1.807) is 38.2 Å². The maximum absolute atomic E-state index is 12.4. The first-order valence-corrected chi connectivity index (χ1v) is 16.6. The van der Waals surface area contributed by atoms with Crippen LogP contribution >= 0.6 is 11.6 Å². The highest BCUT2D eigenvalue weighted by Crippen LogP contribution is 2.32. The van der Waals surface area contributed by atoms with Crippen LogP contribution in [0.1, 0.15) is 74.5 Å². The van der Waals surface area contributed by atoms with Crippen LogP contribution in [0.5, 0.6) is 0 Å². The number of halogens is 1. The van der Waals surface area contributed by atoms with E-state index < -0.39 is 17.9 Å². The predicted octanol–water partition coefficient (Wildman–Crippen LogP) is 4.58. The fraction of sp³-hybridized carbons (Fsp3) is 0.333. The number of nitrogens with one attached hydrogen (secondary N) is 4. The largest absolute Gasteiger partial charge is 0.409 e. The summed E-state index contributed by atoms with van der Waals surface area (Å²) in [5.41, 5.74) is 4.27. The average molecular weight is 725 g/mol. The van der Waals surface area contributed by atoms with Crippen LogP contribution in [0, 0.1) is 12.3 Å². The van der Waals surface area contributed by atoms with E-state index >= 15 is 0 Å². The molecule has 0 radical (unpaired) electrons. The van der Waals surface area contributed by atoms with Crippen molar-refractivity contribution in [3.05, 3.63) is 82.4 Å². The highest BCUT2D eigenvalue weighted by molar-refractivity contribution is 6.33. The Bertz CT molecular complexity index is 1670. The average Bonchev–Trinajstić information content (AvgIpc) is 3.63. The third kappa shape index (κ3) is 12.0. The van der Waals surface area contributed by atoms with Gasteiger partial charge in [-0.25, -0.2) is 9.69 Å². The summed E-state index contributed by atoms with van der Waals surface area (Å²) in [6.07, 6.45) is 4.73. The molecule has 14 nitrogen and oxygen atoms in total. The lowest BCUT2D eigenvalue weighted by atomic mass is 10.0. The molecule has 274 valence electrons. The Hall–Kier alpha value is -5.63. The summed E-state index contributed by atoms with van der Waals surface area (Å²) in [6.45, 7) is 15.0. The molecule has 5 rings (SSSR count). The van der Waals surface area contributed by atoms with Gasteiger partial charge in [0.1, 0.15) is 6.04 Å². The zero-order chi connectivity index (χ0) is 38.8. The second-order valence-electron chi connectivity index (χ2n) is 10.3. The van der Waals surface area contributed by atoms with Crippen LogP contribution in [-0.4, -0.2) is 65.8 Å². The van der Waals surface area contributed by atoms with Crippen LogP contribution in [0.4, 0.5) is 11.4 Å². The number of hydrogen-bond acceptors (Lipinski definition) is 10. The Morgan fingerprint density at radius 1 is 1.08 bits per heavy atom. The number of ether oxygens (including phenoxy) is 1. The molecule has 1 atom stereocenters. The molecule has 0 aromatic heterocycles.